The van der Waals surface area contributed by atoms with Crippen LogP contribution in [-0.4, -0.2) is 4.57 Å². The van der Waals surface area contributed by atoms with Crippen LogP contribution in [0.4, 0.5) is 4.39 Å². The van der Waals surface area contributed by atoms with Crippen molar-refractivity contribution in [3.63, 3.8) is 0 Å². The first-order valence-corrected chi connectivity index (χ1v) is 7.53. The maximum atomic E-state index is 13.7. The summed E-state index contributed by atoms with van der Waals surface area (Å²) in [5, 5.41) is 1.16. The second-order valence-electron chi connectivity index (χ2n) is 5.90. The van der Waals surface area contributed by atoms with Gasteiger partial charge in [0.25, 0.3) is 0 Å². The quantitative estimate of drug-likeness (QED) is 0.641. The molecule has 114 valence electrons. The van der Waals surface area contributed by atoms with Crippen LogP contribution in [0, 0.1) is 12.7 Å². The fraction of sp³-hybridized carbons (Fsp3) is 0.263. The summed E-state index contributed by atoms with van der Waals surface area (Å²) in [6.07, 6.45) is 2.11. The van der Waals surface area contributed by atoms with Gasteiger partial charge in [0, 0.05) is 28.7 Å². The van der Waals surface area contributed by atoms with Crippen LogP contribution in [0.3, 0.4) is 0 Å². The third-order valence-corrected chi connectivity index (χ3v) is 3.85. The number of nitrogens with zero attached hydrogens (tertiary/aromatic N) is 1. The number of fused-ring (bicyclic) bond motifs is 1. The van der Waals surface area contributed by atoms with E-state index in [9.17, 15) is 4.39 Å². The number of ether oxygens (including phenoxy) is 1. The van der Waals surface area contributed by atoms with Crippen LogP contribution in [0.25, 0.3) is 10.9 Å². The van der Waals surface area contributed by atoms with E-state index in [1.165, 1.54) is 17.1 Å². The van der Waals surface area contributed by atoms with Gasteiger partial charge in [-0.3, -0.25) is 0 Å². The Morgan fingerprint density at radius 2 is 1.91 bits per heavy atom. The minimum Gasteiger partial charge on any atom is -0.486 e. The lowest BCUT2D eigenvalue weighted by Crippen LogP contribution is -1.99. The zero-order chi connectivity index (χ0) is 15.7. The van der Waals surface area contributed by atoms with Gasteiger partial charge in [-0.15, -0.1) is 0 Å². The number of hydrogen-bond donors (Lipinski definition) is 0. The molecular formula is C19H20FNO. The van der Waals surface area contributed by atoms with Crippen molar-refractivity contribution in [1.29, 1.82) is 0 Å². The zero-order valence-electron chi connectivity index (χ0n) is 13.1. The van der Waals surface area contributed by atoms with Gasteiger partial charge in [0.15, 0.2) is 11.6 Å². The van der Waals surface area contributed by atoms with Crippen molar-refractivity contribution in [3.05, 3.63) is 65.6 Å². The van der Waals surface area contributed by atoms with E-state index in [4.69, 9.17) is 4.74 Å². The summed E-state index contributed by atoms with van der Waals surface area (Å²) in [5.74, 6) is -0.0361. The highest BCUT2D eigenvalue weighted by molar-refractivity contribution is 5.84. The number of para-hydroxylation sites is 1. The molecule has 0 aliphatic heterocycles. The topological polar surface area (TPSA) is 14.2 Å². The summed E-state index contributed by atoms with van der Waals surface area (Å²) in [7, 11) is 0. The first kappa shape index (κ1) is 14.6. The average Bonchev–Trinajstić information content (AvgIpc) is 2.84. The number of aryl methyl sites for hydroxylation is 1. The minimum atomic E-state index is -0.328. The van der Waals surface area contributed by atoms with Gasteiger partial charge in [-0.05, 0) is 44.5 Å². The molecule has 3 heteroatoms. The summed E-state index contributed by atoms with van der Waals surface area (Å²) in [6, 6.07) is 13.3. The summed E-state index contributed by atoms with van der Waals surface area (Å²) in [5.41, 5.74) is 3.50. The normalized spacial score (nSPS) is 11.3. The molecule has 2 nitrogen and oxygen atoms in total. The molecule has 0 spiro atoms. The van der Waals surface area contributed by atoms with Crippen LogP contribution in [0.2, 0.25) is 0 Å². The number of aromatic nitrogens is 1. The lowest BCUT2D eigenvalue weighted by Gasteiger charge is -2.09. The van der Waals surface area contributed by atoms with Crippen LogP contribution in [-0.2, 0) is 6.61 Å². The highest BCUT2D eigenvalue weighted by atomic mass is 19.1. The van der Waals surface area contributed by atoms with E-state index in [-0.39, 0.29) is 5.82 Å². The Morgan fingerprint density at radius 1 is 1.14 bits per heavy atom. The highest BCUT2D eigenvalue weighted by Crippen LogP contribution is 2.27. The molecule has 0 radical (unpaired) electrons. The molecule has 3 aromatic rings. The zero-order valence-corrected chi connectivity index (χ0v) is 13.1. The highest BCUT2D eigenvalue weighted by Gasteiger charge is 2.12. The number of hydrogen-bond acceptors (Lipinski definition) is 1. The largest absolute Gasteiger partial charge is 0.486 e. The summed E-state index contributed by atoms with van der Waals surface area (Å²) < 4.78 is 21.6. The molecule has 0 atom stereocenters. The molecule has 2 aromatic carbocycles. The Bertz CT molecular complexity index is 804. The standard InChI is InChI=1S/C19H20FNO/c1-13(2)21-11-15(16-9-8-14(3)10-18(16)21)12-22-19-7-5-4-6-17(19)20/h4-11,13H,12H2,1-3H3. The molecule has 0 unspecified atom stereocenters. The average molecular weight is 297 g/mol. The Kier molecular flexibility index (Phi) is 3.88. The molecule has 1 aromatic heterocycles. The van der Waals surface area contributed by atoms with E-state index in [1.807, 2.05) is 0 Å². The van der Waals surface area contributed by atoms with Gasteiger partial charge in [0.2, 0.25) is 0 Å². The molecule has 0 amide bonds. The first-order valence-electron chi connectivity index (χ1n) is 7.53. The molecule has 0 N–H and O–H groups in total. The maximum Gasteiger partial charge on any atom is 0.165 e. The summed E-state index contributed by atoms with van der Waals surface area (Å²) in [4.78, 5) is 0. The molecular weight excluding hydrogens is 277 g/mol. The van der Waals surface area contributed by atoms with Crippen LogP contribution < -0.4 is 4.74 Å². The Morgan fingerprint density at radius 3 is 2.64 bits per heavy atom. The van der Waals surface area contributed by atoms with Gasteiger partial charge in [-0.25, -0.2) is 4.39 Å². The third kappa shape index (κ3) is 2.71. The van der Waals surface area contributed by atoms with Crippen molar-refractivity contribution in [3.8, 4) is 5.75 Å². The Hall–Kier alpha value is -2.29. The van der Waals surface area contributed by atoms with E-state index in [0.29, 0.717) is 18.4 Å². The number of rotatable bonds is 4. The van der Waals surface area contributed by atoms with Crippen molar-refractivity contribution < 1.29 is 9.13 Å². The van der Waals surface area contributed by atoms with E-state index in [0.717, 1.165) is 10.9 Å². The predicted octanol–water partition coefficient (Wildman–Crippen LogP) is 5.25. The van der Waals surface area contributed by atoms with Crippen molar-refractivity contribution >= 4 is 10.9 Å². The van der Waals surface area contributed by atoms with Gasteiger partial charge in [0.1, 0.15) is 6.61 Å². The molecule has 0 saturated heterocycles. The smallest absolute Gasteiger partial charge is 0.165 e. The lowest BCUT2D eigenvalue weighted by atomic mass is 10.1. The summed E-state index contributed by atoms with van der Waals surface area (Å²) in [6.45, 7) is 6.76. The SMILES string of the molecule is Cc1ccc2c(COc3ccccc3F)cn(C(C)C)c2c1. The third-order valence-electron chi connectivity index (χ3n) is 3.85. The second kappa shape index (κ2) is 5.84. The van der Waals surface area contributed by atoms with E-state index in [1.54, 1.807) is 18.2 Å². The lowest BCUT2D eigenvalue weighted by molar-refractivity contribution is 0.291. The molecule has 3 rings (SSSR count). The minimum absolute atomic E-state index is 0.292. The van der Waals surface area contributed by atoms with Crippen molar-refractivity contribution in [2.75, 3.05) is 0 Å². The van der Waals surface area contributed by atoms with E-state index >= 15 is 0 Å². The van der Waals surface area contributed by atoms with Gasteiger partial charge < -0.3 is 9.30 Å². The Balaban J connectivity index is 1.96. The maximum absolute atomic E-state index is 13.7. The van der Waals surface area contributed by atoms with Crippen LogP contribution in [0.15, 0.2) is 48.7 Å². The van der Waals surface area contributed by atoms with Crippen molar-refractivity contribution in [2.24, 2.45) is 0 Å². The summed E-state index contributed by atoms with van der Waals surface area (Å²) >= 11 is 0. The molecule has 0 bridgehead atoms. The molecule has 0 aliphatic rings. The van der Waals surface area contributed by atoms with Gasteiger partial charge in [-0.1, -0.05) is 24.3 Å². The first-order chi connectivity index (χ1) is 10.6. The van der Waals surface area contributed by atoms with Gasteiger partial charge in [-0.2, -0.15) is 0 Å². The second-order valence-corrected chi connectivity index (χ2v) is 5.90. The van der Waals surface area contributed by atoms with Gasteiger partial charge >= 0.3 is 0 Å². The molecule has 1 heterocycles. The van der Waals surface area contributed by atoms with Crippen LogP contribution in [0.5, 0.6) is 5.75 Å². The molecule has 0 fully saturated rings. The van der Waals surface area contributed by atoms with E-state index in [2.05, 4.69) is 49.7 Å². The van der Waals surface area contributed by atoms with Crippen LogP contribution in [0.1, 0.15) is 31.0 Å². The van der Waals surface area contributed by atoms with Gasteiger partial charge in [0.05, 0.1) is 0 Å². The fourth-order valence-corrected chi connectivity index (χ4v) is 2.69. The Labute approximate surface area is 130 Å². The van der Waals surface area contributed by atoms with Crippen LogP contribution >= 0.6 is 0 Å². The molecule has 0 saturated carbocycles. The van der Waals surface area contributed by atoms with Crippen molar-refractivity contribution in [1.82, 2.24) is 4.57 Å². The molecule has 0 aliphatic carbocycles. The predicted molar refractivity (Wildman–Crippen MR) is 87.8 cm³/mol. The fourth-order valence-electron chi connectivity index (χ4n) is 2.69. The van der Waals surface area contributed by atoms with Crippen molar-refractivity contribution in [2.45, 2.75) is 33.4 Å². The van der Waals surface area contributed by atoms with E-state index < -0.39 is 0 Å². The monoisotopic (exact) mass is 297 g/mol. The number of benzene rings is 2. The molecule has 22 heavy (non-hydrogen) atoms. The number of halogens is 1.